The van der Waals surface area contributed by atoms with E-state index in [1.54, 1.807) is 18.2 Å². The molecule has 0 aromatic heterocycles. The summed E-state index contributed by atoms with van der Waals surface area (Å²) >= 11 is 11.4. The van der Waals surface area contributed by atoms with Crippen molar-refractivity contribution in [3.8, 4) is 0 Å². The molecule has 13 heavy (non-hydrogen) atoms. The molecule has 0 saturated carbocycles. The largest absolute Gasteiger partial charge is 0.259 e. The molecule has 0 aliphatic rings. The van der Waals surface area contributed by atoms with Crippen LogP contribution in [0, 0.1) is 10.1 Å². The number of nitro groups is 1. The molecule has 0 unspecified atom stereocenters. The third-order valence-electron chi connectivity index (χ3n) is 1.27. The van der Waals surface area contributed by atoms with Crippen molar-refractivity contribution in [1.82, 2.24) is 0 Å². The van der Waals surface area contributed by atoms with Crippen LogP contribution in [0.3, 0.4) is 0 Å². The van der Waals surface area contributed by atoms with Crippen molar-refractivity contribution in [2.24, 2.45) is 0 Å². The molecule has 0 aliphatic carbocycles. The summed E-state index contributed by atoms with van der Waals surface area (Å²) in [5, 5.41) is 10.9. The van der Waals surface area contributed by atoms with E-state index in [1.807, 2.05) is 0 Å². The summed E-state index contributed by atoms with van der Waals surface area (Å²) < 4.78 is 0. The van der Waals surface area contributed by atoms with Gasteiger partial charge in [0.05, 0.1) is 4.92 Å². The van der Waals surface area contributed by atoms with Crippen molar-refractivity contribution in [3.05, 3.63) is 50.1 Å². The molecule has 0 spiro atoms. The molecule has 0 N–H and O–H groups in total. The van der Waals surface area contributed by atoms with Crippen LogP contribution < -0.4 is 0 Å². The Morgan fingerprint density at radius 3 is 2.23 bits per heavy atom. The van der Waals surface area contributed by atoms with Gasteiger partial charge in [0.1, 0.15) is 0 Å². The lowest BCUT2D eigenvalue weighted by Crippen LogP contribution is -1.82. The first-order chi connectivity index (χ1) is 6.08. The summed E-state index contributed by atoms with van der Waals surface area (Å²) in [4.78, 5) is 9.45. The third kappa shape index (κ3) is 3.44. The van der Waals surface area contributed by atoms with E-state index in [2.05, 4.69) is 0 Å². The Labute approximate surface area is 84.7 Å². The number of hydrogen-bond donors (Lipinski definition) is 0. The summed E-state index contributed by atoms with van der Waals surface area (Å²) in [5.41, 5.74) is 0.606. The average Bonchev–Trinajstić information content (AvgIpc) is 1.99. The normalized spacial score (nSPS) is 10.6. The van der Waals surface area contributed by atoms with E-state index in [0.717, 1.165) is 6.20 Å². The van der Waals surface area contributed by atoms with Crippen LogP contribution in [0.1, 0.15) is 5.56 Å². The predicted octanol–water partition coefficient (Wildman–Crippen LogP) is 3.24. The van der Waals surface area contributed by atoms with E-state index >= 15 is 0 Å². The second-order valence-electron chi connectivity index (χ2n) is 2.30. The summed E-state index contributed by atoms with van der Waals surface area (Å²) in [7, 11) is 0. The molecule has 68 valence electrons. The quantitative estimate of drug-likeness (QED) is 0.564. The molecular formula is C8H5Cl2NO2. The first-order valence-electron chi connectivity index (χ1n) is 3.36. The maximum absolute atomic E-state index is 10.00. The zero-order valence-corrected chi connectivity index (χ0v) is 7.92. The monoisotopic (exact) mass is 217 g/mol. The minimum Gasteiger partial charge on any atom is -0.259 e. The lowest BCUT2D eigenvalue weighted by atomic mass is 10.2. The van der Waals surface area contributed by atoms with Crippen molar-refractivity contribution in [1.29, 1.82) is 0 Å². The molecule has 0 radical (unpaired) electrons. The van der Waals surface area contributed by atoms with Crippen LogP contribution in [0.4, 0.5) is 0 Å². The minimum absolute atomic E-state index is 0.454. The van der Waals surface area contributed by atoms with Crippen LogP contribution in [-0.2, 0) is 0 Å². The molecule has 0 saturated heterocycles. The number of halogens is 2. The van der Waals surface area contributed by atoms with Gasteiger partial charge in [0.15, 0.2) is 0 Å². The minimum atomic E-state index is -0.547. The zero-order valence-electron chi connectivity index (χ0n) is 6.41. The molecule has 0 fully saturated rings. The molecule has 5 heteroatoms. The molecule has 1 aromatic carbocycles. The van der Waals surface area contributed by atoms with Crippen molar-refractivity contribution in [2.45, 2.75) is 0 Å². The maximum atomic E-state index is 10.00. The third-order valence-corrected chi connectivity index (χ3v) is 1.71. The van der Waals surface area contributed by atoms with Crippen LogP contribution >= 0.6 is 23.2 Å². The van der Waals surface area contributed by atoms with Gasteiger partial charge in [0, 0.05) is 16.1 Å². The van der Waals surface area contributed by atoms with Gasteiger partial charge in [-0.05, 0) is 23.8 Å². The molecule has 0 aliphatic heterocycles. The summed E-state index contributed by atoms with van der Waals surface area (Å²) in [6.45, 7) is 0. The molecule has 1 aromatic rings. The summed E-state index contributed by atoms with van der Waals surface area (Å²) in [6.07, 6.45) is 2.17. The Hall–Kier alpha value is -1.06. The lowest BCUT2D eigenvalue weighted by Gasteiger charge is -1.94. The standard InChI is InChI=1S/C8H5Cl2NO2/c9-7-3-6(1-2-11(12)13)4-8(10)5-7/h1-5H/b2-1+. The van der Waals surface area contributed by atoms with Crippen molar-refractivity contribution < 1.29 is 4.92 Å². The second-order valence-corrected chi connectivity index (χ2v) is 3.18. The smallest absolute Gasteiger partial charge is 0.235 e. The average molecular weight is 218 g/mol. The van der Waals surface area contributed by atoms with Crippen LogP contribution in [0.2, 0.25) is 10.0 Å². The van der Waals surface area contributed by atoms with Gasteiger partial charge in [0.25, 0.3) is 0 Å². The van der Waals surface area contributed by atoms with Gasteiger partial charge < -0.3 is 0 Å². The van der Waals surface area contributed by atoms with Gasteiger partial charge in [-0.25, -0.2) is 0 Å². The molecule has 0 heterocycles. The highest BCUT2D eigenvalue weighted by Crippen LogP contribution is 2.19. The molecule has 0 atom stereocenters. The summed E-state index contributed by atoms with van der Waals surface area (Å²) in [6, 6.07) is 4.74. The fraction of sp³-hybridized carbons (Fsp3) is 0. The van der Waals surface area contributed by atoms with Gasteiger partial charge >= 0.3 is 0 Å². The number of nitrogens with zero attached hydrogens (tertiary/aromatic N) is 1. The van der Waals surface area contributed by atoms with E-state index in [0.29, 0.717) is 15.6 Å². The summed E-state index contributed by atoms with van der Waals surface area (Å²) in [5.74, 6) is 0. The van der Waals surface area contributed by atoms with Gasteiger partial charge in [0.2, 0.25) is 6.20 Å². The number of rotatable bonds is 2. The Bertz CT molecular complexity index is 343. The van der Waals surface area contributed by atoms with E-state index in [9.17, 15) is 10.1 Å². The Morgan fingerprint density at radius 1 is 1.23 bits per heavy atom. The van der Waals surface area contributed by atoms with Gasteiger partial charge in [-0.3, -0.25) is 10.1 Å². The highest BCUT2D eigenvalue weighted by molar-refractivity contribution is 6.34. The fourth-order valence-corrected chi connectivity index (χ4v) is 1.36. The molecule has 1 rings (SSSR count). The number of benzene rings is 1. The Balaban J connectivity index is 2.95. The first-order valence-corrected chi connectivity index (χ1v) is 4.11. The highest BCUT2D eigenvalue weighted by Gasteiger charge is 1.96. The van der Waals surface area contributed by atoms with E-state index in [4.69, 9.17) is 23.2 Å². The number of hydrogen-bond acceptors (Lipinski definition) is 2. The molecule has 0 amide bonds. The van der Waals surface area contributed by atoms with Crippen LogP contribution in [0.25, 0.3) is 6.08 Å². The van der Waals surface area contributed by atoms with E-state index in [1.165, 1.54) is 6.08 Å². The van der Waals surface area contributed by atoms with E-state index in [-0.39, 0.29) is 0 Å². The van der Waals surface area contributed by atoms with Gasteiger partial charge in [-0.15, -0.1) is 0 Å². The Morgan fingerprint density at radius 2 is 1.77 bits per heavy atom. The van der Waals surface area contributed by atoms with Crippen LogP contribution in [-0.4, -0.2) is 4.92 Å². The van der Waals surface area contributed by atoms with Crippen LogP contribution in [0.5, 0.6) is 0 Å². The molecule has 3 nitrogen and oxygen atoms in total. The van der Waals surface area contributed by atoms with E-state index < -0.39 is 4.92 Å². The van der Waals surface area contributed by atoms with Crippen LogP contribution in [0.15, 0.2) is 24.4 Å². The lowest BCUT2D eigenvalue weighted by molar-refractivity contribution is -0.400. The fourth-order valence-electron chi connectivity index (χ4n) is 0.818. The predicted molar refractivity (Wildman–Crippen MR) is 52.5 cm³/mol. The second kappa shape index (κ2) is 4.25. The zero-order chi connectivity index (χ0) is 9.84. The maximum Gasteiger partial charge on any atom is 0.235 e. The van der Waals surface area contributed by atoms with Crippen molar-refractivity contribution in [3.63, 3.8) is 0 Å². The van der Waals surface area contributed by atoms with Crippen molar-refractivity contribution in [2.75, 3.05) is 0 Å². The molecule has 0 bridgehead atoms. The van der Waals surface area contributed by atoms with Gasteiger partial charge in [-0.1, -0.05) is 23.2 Å². The Kier molecular flexibility index (Phi) is 3.28. The first kappa shape index (κ1) is 10.0. The van der Waals surface area contributed by atoms with Crippen molar-refractivity contribution >= 4 is 29.3 Å². The molecular weight excluding hydrogens is 213 g/mol. The topological polar surface area (TPSA) is 43.1 Å². The SMILES string of the molecule is O=[N+]([O-])/C=C/c1cc(Cl)cc(Cl)c1. The highest BCUT2D eigenvalue weighted by atomic mass is 35.5. The van der Waals surface area contributed by atoms with Gasteiger partial charge in [-0.2, -0.15) is 0 Å².